The Bertz CT molecular complexity index is 820. The van der Waals surface area contributed by atoms with Crippen molar-refractivity contribution < 1.29 is 9.53 Å². The molecule has 1 heterocycles. The van der Waals surface area contributed by atoms with Gasteiger partial charge in [0.1, 0.15) is 12.4 Å². The second kappa shape index (κ2) is 7.62. The number of aromatic nitrogens is 1. The first-order chi connectivity index (χ1) is 11.7. The molecule has 0 radical (unpaired) electrons. The highest BCUT2D eigenvalue weighted by molar-refractivity contribution is 6.30. The summed E-state index contributed by atoms with van der Waals surface area (Å²) in [5, 5.41) is 3.38. The number of nitrogens with zero attached hydrogens (tertiary/aromatic N) is 1. The van der Waals surface area contributed by atoms with E-state index in [1.807, 2.05) is 12.1 Å². The van der Waals surface area contributed by atoms with Gasteiger partial charge in [-0.25, -0.2) is 0 Å². The van der Waals surface area contributed by atoms with Gasteiger partial charge in [0.15, 0.2) is 0 Å². The first kappa shape index (κ1) is 16.0. The molecule has 0 spiro atoms. The standard InChI is InChI=1S/C19H15ClN2O2/c20-16-4-1-5-17(11-16)22-19(23)15-6-8-18(9-7-15)24-13-14-3-2-10-21-12-14/h1-12H,13H2,(H,22,23). The van der Waals surface area contributed by atoms with Crippen LogP contribution in [0, 0.1) is 0 Å². The van der Waals surface area contributed by atoms with Crippen LogP contribution in [0.15, 0.2) is 73.1 Å². The van der Waals surface area contributed by atoms with Crippen molar-refractivity contribution in [1.29, 1.82) is 0 Å². The van der Waals surface area contributed by atoms with Gasteiger partial charge in [-0.1, -0.05) is 23.7 Å². The topological polar surface area (TPSA) is 51.2 Å². The highest BCUT2D eigenvalue weighted by atomic mass is 35.5. The van der Waals surface area contributed by atoms with Crippen LogP contribution < -0.4 is 10.1 Å². The summed E-state index contributed by atoms with van der Waals surface area (Å²) in [5.74, 6) is 0.495. The van der Waals surface area contributed by atoms with Crippen LogP contribution in [0.25, 0.3) is 0 Å². The summed E-state index contributed by atoms with van der Waals surface area (Å²) in [7, 11) is 0. The van der Waals surface area contributed by atoms with Crippen molar-refractivity contribution in [3.63, 3.8) is 0 Å². The van der Waals surface area contributed by atoms with E-state index >= 15 is 0 Å². The van der Waals surface area contributed by atoms with E-state index in [9.17, 15) is 4.79 Å². The number of pyridine rings is 1. The van der Waals surface area contributed by atoms with E-state index in [1.54, 1.807) is 60.9 Å². The summed E-state index contributed by atoms with van der Waals surface area (Å²) in [6, 6.07) is 17.8. The molecule has 0 unspecified atom stereocenters. The molecule has 0 fully saturated rings. The van der Waals surface area contributed by atoms with E-state index in [0.29, 0.717) is 28.6 Å². The maximum atomic E-state index is 12.2. The van der Waals surface area contributed by atoms with Gasteiger partial charge < -0.3 is 10.1 Å². The fourth-order valence-electron chi connectivity index (χ4n) is 2.12. The van der Waals surface area contributed by atoms with Crippen LogP contribution in [0.1, 0.15) is 15.9 Å². The minimum Gasteiger partial charge on any atom is -0.489 e. The SMILES string of the molecule is O=C(Nc1cccc(Cl)c1)c1ccc(OCc2cccnc2)cc1. The Balaban J connectivity index is 1.60. The zero-order valence-electron chi connectivity index (χ0n) is 12.8. The lowest BCUT2D eigenvalue weighted by atomic mass is 10.2. The Morgan fingerprint density at radius 1 is 1.08 bits per heavy atom. The van der Waals surface area contributed by atoms with Crippen LogP contribution >= 0.6 is 11.6 Å². The summed E-state index contributed by atoms with van der Waals surface area (Å²) in [5.41, 5.74) is 2.19. The minimum atomic E-state index is -0.198. The number of nitrogens with one attached hydrogen (secondary N) is 1. The van der Waals surface area contributed by atoms with Gasteiger partial charge in [-0.2, -0.15) is 0 Å². The molecule has 1 amide bonds. The maximum absolute atomic E-state index is 12.2. The normalized spacial score (nSPS) is 10.2. The number of carbonyl (C=O) groups excluding carboxylic acids is 1. The van der Waals surface area contributed by atoms with E-state index < -0.39 is 0 Å². The van der Waals surface area contributed by atoms with Gasteiger partial charge in [-0.15, -0.1) is 0 Å². The smallest absolute Gasteiger partial charge is 0.255 e. The number of benzene rings is 2. The molecule has 4 nitrogen and oxygen atoms in total. The van der Waals surface area contributed by atoms with E-state index in [1.165, 1.54) is 0 Å². The first-order valence-electron chi connectivity index (χ1n) is 7.39. The van der Waals surface area contributed by atoms with Gasteiger partial charge in [-0.3, -0.25) is 9.78 Å². The lowest BCUT2D eigenvalue weighted by molar-refractivity contribution is 0.102. The second-order valence-electron chi connectivity index (χ2n) is 5.14. The molecule has 5 heteroatoms. The number of rotatable bonds is 5. The third-order valence-corrected chi connectivity index (χ3v) is 3.56. The Hall–Kier alpha value is -2.85. The number of halogens is 1. The zero-order chi connectivity index (χ0) is 16.8. The van der Waals surface area contributed by atoms with Crippen molar-refractivity contribution in [2.24, 2.45) is 0 Å². The predicted octanol–water partition coefficient (Wildman–Crippen LogP) is 4.57. The Kier molecular flexibility index (Phi) is 5.08. The molecule has 0 saturated carbocycles. The van der Waals surface area contributed by atoms with Gasteiger partial charge in [-0.05, 0) is 48.5 Å². The molecule has 1 aromatic heterocycles. The lowest BCUT2D eigenvalue weighted by Crippen LogP contribution is -2.11. The number of carbonyl (C=O) groups is 1. The highest BCUT2D eigenvalue weighted by Crippen LogP contribution is 2.18. The van der Waals surface area contributed by atoms with Crippen molar-refractivity contribution in [2.75, 3.05) is 5.32 Å². The Morgan fingerprint density at radius 3 is 2.62 bits per heavy atom. The van der Waals surface area contributed by atoms with Gasteiger partial charge in [0.2, 0.25) is 0 Å². The van der Waals surface area contributed by atoms with Crippen molar-refractivity contribution in [1.82, 2.24) is 4.98 Å². The fraction of sp³-hybridized carbons (Fsp3) is 0.0526. The fourth-order valence-corrected chi connectivity index (χ4v) is 2.31. The molecule has 0 aliphatic rings. The quantitative estimate of drug-likeness (QED) is 0.741. The zero-order valence-corrected chi connectivity index (χ0v) is 13.5. The maximum Gasteiger partial charge on any atom is 0.255 e. The van der Waals surface area contributed by atoms with Crippen molar-refractivity contribution in [3.05, 3.63) is 89.2 Å². The van der Waals surface area contributed by atoms with Gasteiger partial charge >= 0.3 is 0 Å². The summed E-state index contributed by atoms with van der Waals surface area (Å²) < 4.78 is 5.67. The van der Waals surface area contributed by atoms with Crippen LogP contribution in [0.3, 0.4) is 0 Å². The van der Waals surface area contributed by atoms with Crippen LogP contribution in [0.2, 0.25) is 5.02 Å². The average molecular weight is 339 g/mol. The highest BCUT2D eigenvalue weighted by Gasteiger charge is 2.06. The lowest BCUT2D eigenvalue weighted by Gasteiger charge is -2.08. The predicted molar refractivity (Wildman–Crippen MR) is 94.4 cm³/mol. The average Bonchev–Trinajstić information content (AvgIpc) is 2.61. The molecule has 0 saturated heterocycles. The molecule has 0 aliphatic carbocycles. The molecular formula is C19H15ClN2O2. The molecule has 0 atom stereocenters. The third kappa shape index (κ3) is 4.33. The molecule has 2 aromatic carbocycles. The molecule has 1 N–H and O–H groups in total. The molecule has 24 heavy (non-hydrogen) atoms. The number of ether oxygens (including phenoxy) is 1. The van der Waals surface area contributed by atoms with Gasteiger partial charge in [0, 0.05) is 34.2 Å². The van der Waals surface area contributed by atoms with Crippen molar-refractivity contribution in [2.45, 2.75) is 6.61 Å². The van der Waals surface area contributed by atoms with E-state index in [4.69, 9.17) is 16.3 Å². The monoisotopic (exact) mass is 338 g/mol. The minimum absolute atomic E-state index is 0.198. The van der Waals surface area contributed by atoms with Crippen LogP contribution in [-0.4, -0.2) is 10.9 Å². The Morgan fingerprint density at radius 2 is 1.92 bits per heavy atom. The van der Waals surface area contributed by atoms with Crippen molar-refractivity contribution >= 4 is 23.2 Å². The summed E-state index contributed by atoms with van der Waals surface area (Å²) >= 11 is 5.91. The largest absolute Gasteiger partial charge is 0.489 e. The second-order valence-corrected chi connectivity index (χ2v) is 5.58. The number of amides is 1. The first-order valence-corrected chi connectivity index (χ1v) is 7.77. The molecule has 3 aromatic rings. The van der Waals surface area contributed by atoms with E-state index in [0.717, 1.165) is 5.56 Å². The molecular weight excluding hydrogens is 324 g/mol. The van der Waals surface area contributed by atoms with Crippen LogP contribution in [-0.2, 0) is 6.61 Å². The molecule has 0 aliphatic heterocycles. The Labute approximate surface area is 145 Å². The van der Waals surface area contributed by atoms with Crippen LogP contribution in [0.5, 0.6) is 5.75 Å². The molecule has 3 rings (SSSR count). The van der Waals surface area contributed by atoms with E-state index in [2.05, 4.69) is 10.3 Å². The van der Waals surface area contributed by atoms with Crippen LogP contribution in [0.4, 0.5) is 5.69 Å². The summed E-state index contributed by atoms with van der Waals surface area (Å²) in [6.07, 6.45) is 3.48. The van der Waals surface area contributed by atoms with Gasteiger partial charge in [0.05, 0.1) is 0 Å². The number of anilines is 1. The van der Waals surface area contributed by atoms with Crippen molar-refractivity contribution in [3.8, 4) is 5.75 Å². The number of hydrogen-bond donors (Lipinski definition) is 1. The van der Waals surface area contributed by atoms with Gasteiger partial charge in [0.25, 0.3) is 5.91 Å². The molecule has 0 bridgehead atoms. The summed E-state index contributed by atoms with van der Waals surface area (Å²) in [4.78, 5) is 16.3. The summed E-state index contributed by atoms with van der Waals surface area (Å²) in [6.45, 7) is 0.432. The third-order valence-electron chi connectivity index (χ3n) is 3.33. The van der Waals surface area contributed by atoms with E-state index in [-0.39, 0.29) is 5.91 Å². The number of hydrogen-bond acceptors (Lipinski definition) is 3. The molecule has 120 valence electrons.